The topological polar surface area (TPSA) is 0 Å². The molecule has 0 aliphatic heterocycles. The Hall–Kier alpha value is -0.260. The highest BCUT2D eigenvalue weighted by Crippen LogP contribution is 3.04. The second-order valence-corrected chi connectivity index (χ2v) is 13.9. The average Bonchev–Trinajstić information content (AvgIpc) is 3.53. The molecule has 0 aromatic heterocycles. The molecule has 0 heteroatoms. The Bertz CT molecular complexity index is 814. The maximum absolute atomic E-state index is 2.68. The molecule has 0 aromatic rings. The van der Waals surface area contributed by atoms with Crippen LogP contribution in [-0.4, -0.2) is 0 Å². The summed E-state index contributed by atoms with van der Waals surface area (Å²) in [7, 11) is 0. The van der Waals surface area contributed by atoms with Crippen molar-refractivity contribution >= 4 is 0 Å². The first-order chi connectivity index (χ1) is 17.2. The zero-order chi connectivity index (χ0) is 27.1. The molecule has 0 saturated heterocycles. The standard InChI is InChI=1S/C36H64/c1-13-27-28(14-2)30(16-4)25-29(27,15-3)35(23-11)33(21-9)26-34(22-10,36(30,35)24-12)32(19-7,20-8)31(33,17-5)18-6/h13-26H2,1-12H3. The lowest BCUT2D eigenvalue weighted by Crippen LogP contribution is -2.73. The van der Waals surface area contributed by atoms with E-state index in [1.807, 2.05) is 11.1 Å². The molecule has 4 aliphatic rings. The van der Waals surface area contributed by atoms with Gasteiger partial charge < -0.3 is 0 Å². The molecule has 6 unspecified atom stereocenters. The lowest BCUT2D eigenvalue weighted by Gasteiger charge is -2.79. The summed E-state index contributed by atoms with van der Waals surface area (Å²) in [6.07, 6.45) is 19.4. The van der Waals surface area contributed by atoms with Crippen molar-refractivity contribution in [2.24, 2.45) is 43.3 Å². The molecule has 0 radical (unpaired) electrons. The van der Waals surface area contributed by atoms with E-state index >= 15 is 0 Å². The lowest BCUT2D eigenvalue weighted by atomic mass is 9.25. The van der Waals surface area contributed by atoms with Gasteiger partial charge in [-0.3, -0.25) is 0 Å². The van der Waals surface area contributed by atoms with Crippen LogP contribution in [0, 0.1) is 43.3 Å². The van der Waals surface area contributed by atoms with Crippen LogP contribution in [0.3, 0.4) is 0 Å². The fourth-order valence-corrected chi connectivity index (χ4v) is 16.6. The summed E-state index contributed by atoms with van der Waals surface area (Å²) in [5.74, 6) is 0. The first-order valence-corrected chi connectivity index (χ1v) is 16.9. The number of hydrogen-bond donors (Lipinski definition) is 0. The van der Waals surface area contributed by atoms with E-state index in [0.717, 1.165) is 0 Å². The van der Waals surface area contributed by atoms with E-state index in [0.29, 0.717) is 43.3 Å². The highest BCUT2D eigenvalue weighted by molar-refractivity contribution is 5.55. The van der Waals surface area contributed by atoms with E-state index in [4.69, 9.17) is 0 Å². The number of hydrogen-bond acceptors (Lipinski definition) is 0. The Balaban J connectivity index is 2.37. The maximum atomic E-state index is 2.68. The summed E-state index contributed by atoms with van der Waals surface area (Å²) in [6.45, 7) is 31.5. The third-order valence-corrected chi connectivity index (χ3v) is 16.1. The van der Waals surface area contributed by atoms with Gasteiger partial charge in [0.2, 0.25) is 0 Å². The minimum absolute atomic E-state index is 0.407. The number of allylic oxidation sites excluding steroid dienone is 2. The first kappa shape index (κ1) is 28.7. The Morgan fingerprint density at radius 1 is 0.389 bits per heavy atom. The molecule has 3 saturated carbocycles. The van der Waals surface area contributed by atoms with Crippen LogP contribution in [0.4, 0.5) is 0 Å². The van der Waals surface area contributed by atoms with Gasteiger partial charge in [-0.1, -0.05) is 94.2 Å². The maximum Gasteiger partial charge on any atom is -0.00117 e. The van der Waals surface area contributed by atoms with Gasteiger partial charge in [-0.05, 0) is 133 Å². The fraction of sp³-hybridized carbons (Fsp3) is 0.944. The van der Waals surface area contributed by atoms with Gasteiger partial charge in [0.05, 0.1) is 0 Å². The van der Waals surface area contributed by atoms with Crippen LogP contribution >= 0.6 is 0 Å². The number of rotatable bonds is 12. The van der Waals surface area contributed by atoms with Crippen LogP contribution in [0.5, 0.6) is 0 Å². The van der Waals surface area contributed by atoms with Gasteiger partial charge in [0.25, 0.3) is 0 Å². The molecule has 0 nitrogen and oxygen atoms in total. The van der Waals surface area contributed by atoms with Gasteiger partial charge >= 0.3 is 0 Å². The molecule has 4 aliphatic carbocycles. The highest BCUT2D eigenvalue weighted by Gasteiger charge is 2.98. The average molecular weight is 497 g/mol. The van der Waals surface area contributed by atoms with Crippen LogP contribution in [0.1, 0.15) is 173 Å². The van der Waals surface area contributed by atoms with Gasteiger partial charge in [0.15, 0.2) is 0 Å². The minimum atomic E-state index is 0.407. The molecule has 4 rings (SSSR count). The van der Waals surface area contributed by atoms with Crippen molar-refractivity contribution in [3.05, 3.63) is 11.1 Å². The summed E-state index contributed by atoms with van der Waals surface area (Å²) < 4.78 is 0. The van der Waals surface area contributed by atoms with Crippen LogP contribution in [0.2, 0.25) is 0 Å². The van der Waals surface area contributed by atoms with Gasteiger partial charge in [0, 0.05) is 0 Å². The molecular weight excluding hydrogens is 432 g/mol. The predicted molar refractivity (Wildman–Crippen MR) is 159 cm³/mol. The van der Waals surface area contributed by atoms with E-state index in [-0.39, 0.29) is 0 Å². The minimum Gasteiger partial charge on any atom is -0.0648 e. The molecule has 3 fully saturated rings. The molecule has 208 valence electrons. The second-order valence-electron chi connectivity index (χ2n) is 13.9. The molecule has 0 spiro atoms. The quantitative estimate of drug-likeness (QED) is 0.186. The summed E-state index contributed by atoms with van der Waals surface area (Å²) in [5.41, 5.74) is 7.41. The molecule has 4 bridgehead atoms. The molecule has 0 amide bonds. The molecule has 0 aromatic carbocycles. The van der Waals surface area contributed by atoms with Crippen molar-refractivity contribution < 1.29 is 0 Å². The Kier molecular flexibility index (Phi) is 6.88. The monoisotopic (exact) mass is 497 g/mol. The normalized spacial score (nSPS) is 45.7. The molecular formula is C36H64. The van der Waals surface area contributed by atoms with Crippen LogP contribution in [0.15, 0.2) is 11.1 Å². The highest BCUT2D eigenvalue weighted by atomic mass is 15.0. The van der Waals surface area contributed by atoms with Crippen molar-refractivity contribution in [1.29, 1.82) is 0 Å². The summed E-state index contributed by atoms with van der Waals surface area (Å²) in [5, 5.41) is 0. The van der Waals surface area contributed by atoms with E-state index in [1.165, 1.54) is 89.9 Å². The largest absolute Gasteiger partial charge is 0.0648 e. The van der Waals surface area contributed by atoms with Crippen molar-refractivity contribution in [2.75, 3.05) is 0 Å². The van der Waals surface area contributed by atoms with E-state index in [9.17, 15) is 0 Å². The van der Waals surface area contributed by atoms with Crippen LogP contribution < -0.4 is 0 Å². The molecule has 0 heterocycles. The summed E-state index contributed by atoms with van der Waals surface area (Å²) in [6, 6.07) is 0. The molecule has 36 heavy (non-hydrogen) atoms. The van der Waals surface area contributed by atoms with Gasteiger partial charge in [-0.2, -0.15) is 0 Å². The van der Waals surface area contributed by atoms with E-state index in [2.05, 4.69) is 83.1 Å². The smallest absolute Gasteiger partial charge is 0.00117 e. The van der Waals surface area contributed by atoms with Gasteiger partial charge in [-0.25, -0.2) is 0 Å². The van der Waals surface area contributed by atoms with Crippen molar-refractivity contribution in [3.63, 3.8) is 0 Å². The molecule has 0 N–H and O–H groups in total. The van der Waals surface area contributed by atoms with E-state index in [1.54, 1.807) is 0 Å². The van der Waals surface area contributed by atoms with Gasteiger partial charge in [0.1, 0.15) is 0 Å². The molecule has 6 atom stereocenters. The van der Waals surface area contributed by atoms with E-state index < -0.39 is 0 Å². The fourth-order valence-electron chi connectivity index (χ4n) is 16.6. The summed E-state index contributed by atoms with van der Waals surface area (Å²) in [4.78, 5) is 0. The van der Waals surface area contributed by atoms with Crippen LogP contribution in [-0.2, 0) is 0 Å². The Labute approximate surface area is 227 Å². The zero-order valence-corrected chi connectivity index (χ0v) is 26.9. The Morgan fingerprint density at radius 2 is 0.722 bits per heavy atom. The Morgan fingerprint density at radius 3 is 0.917 bits per heavy atom. The lowest BCUT2D eigenvalue weighted by molar-refractivity contribution is -0.298. The van der Waals surface area contributed by atoms with Gasteiger partial charge in [-0.15, -0.1) is 0 Å². The second kappa shape index (κ2) is 8.62. The van der Waals surface area contributed by atoms with Crippen molar-refractivity contribution in [3.8, 4) is 0 Å². The first-order valence-electron chi connectivity index (χ1n) is 16.9. The SMILES string of the molecule is CCC1=C(CC)C2(CC)CC1(CC)C1(CC)C3(CC)CC(CC)(C(CC)(CC)C3(CC)CC)C21CC. The predicted octanol–water partition coefficient (Wildman–Crippen LogP) is 11.9. The third kappa shape index (κ3) is 2.02. The third-order valence-electron chi connectivity index (χ3n) is 16.1. The summed E-state index contributed by atoms with van der Waals surface area (Å²) >= 11 is 0. The van der Waals surface area contributed by atoms with Crippen molar-refractivity contribution in [2.45, 2.75) is 173 Å². The zero-order valence-electron chi connectivity index (χ0n) is 26.9. The van der Waals surface area contributed by atoms with Crippen molar-refractivity contribution in [1.82, 2.24) is 0 Å². The number of fused-ring (bicyclic) bond motifs is 9. The van der Waals surface area contributed by atoms with Crippen LogP contribution in [0.25, 0.3) is 0 Å².